The second-order valence-corrected chi connectivity index (χ2v) is 8.56. The lowest BCUT2D eigenvalue weighted by Crippen LogP contribution is -2.36. The second-order valence-electron chi connectivity index (χ2n) is 7.57. The number of methoxy groups -OCH3 is 1. The van der Waals surface area contributed by atoms with Gasteiger partial charge in [0.05, 0.1) is 12.0 Å². The fourth-order valence-corrected chi connectivity index (χ4v) is 4.34. The highest BCUT2D eigenvalue weighted by atomic mass is 32.2. The van der Waals surface area contributed by atoms with Crippen molar-refractivity contribution in [1.82, 2.24) is 9.47 Å². The molecular weight excluding hydrogens is 438 g/mol. The summed E-state index contributed by atoms with van der Waals surface area (Å²) in [5.41, 5.74) is 4.62. The Kier molecular flexibility index (Phi) is 6.37. The fourth-order valence-electron chi connectivity index (χ4n) is 3.52. The Labute approximate surface area is 196 Å². The maximum absolute atomic E-state index is 12.9. The number of rotatable bonds is 6. The number of imide groups is 1. The summed E-state index contributed by atoms with van der Waals surface area (Å²) in [4.78, 5) is 39.0. The van der Waals surface area contributed by atoms with Crippen LogP contribution in [-0.2, 0) is 9.59 Å². The summed E-state index contributed by atoms with van der Waals surface area (Å²) < 4.78 is 7.07. The van der Waals surface area contributed by atoms with E-state index in [0.717, 1.165) is 39.2 Å². The first-order chi connectivity index (χ1) is 15.9. The number of anilines is 1. The molecule has 0 spiro atoms. The zero-order valence-electron chi connectivity index (χ0n) is 18.5. The molecule has 4 rings (SSSR count). The van der Waals surface area contributed by atoms with E-state index >= 15 is 0 Å². The van der Waals surface area contributed by atoms with Gasteiger partial charge in [-0.05, 0) is 85.3 Å². The van der Waals surface area contributed by atoms with Gasteiger partial charge in [0.1, 0.15) is 12.3 Å². The van der Waals surface area contributed by atoms with Gasteiger partial charge in [0.15, 0.2) is 0 Å². The molecule has 3 aromatic rings. The number of aryl methyl sites for hydroxylation is 1. The minimum Gasteiger partial charge on any atom is -0.497 e. The Bertz CT molecular complexity index is 1260. The maximum atomic E-state index is 12.9. The van der Waals surface area contributed by atoms with E-state index in [0.29, 0.717) is 11.4 Å². The minimum atomic E-state index is -0.483. The molecule has 1 aliphatic heterocycles. The van der Waals surface area contributed by atoms with Gasteiger partial charge in [-0.3, -0.25) is 19.3 Å². The van der Waals surface area contributed by atoms with Crippen molar-refractivity contribution in [2.45, 2.75) is 13.8 Å². The number of nitrogens with zero attached hydrogens (tertiary/aromatic N) is 2. The molecule has 0 saturated carbocycles. The van der Waals surface area contributed by atoms with E-state index in [1.807, 2.05) is 54.9 Å². The first kappa shape index (κ1) is 22.4. The van der Waals surface area contributed by atoms with Crippen molar-refractivity contribution in [2.24, 2.45) is 0 Å². The zero-order valence-corrected chi connectivity index (χ0v) is 19.3. The van der Waals surface area contributed by atoms with Crippen LogP contribution in [0.5, 0.6) is 5.75 Å². The van der Waals surface area contributed by atoms with Crippen molar-refractivity contribution < 1.29 is 19.1 Å². The number of carbonyl (C=O) groups is 3. The lowest BCUT2D eigenvalue weighted by molar-refractivity contribution is -0.127. The normalized spacial score (nSPS) is 14.8. The monoisotopic (exact) mass is 461 g/mol. The van der Waals surface area contributed by atoms with Crippen LogP contribution in [0.25, 0.3) is 11.8 Å². The van der Waals surface area contributed by atoms with E-state index in [2.05, 4.69) is 5.32 Å². The maximum Gasteiger partial charge on any atom is 0.294 e. The number of amides is 3. The lowest BCUT2D eigenvalue weighted by Gasteiger charge is -2.13. The van der Waals surface area contributed by atoms with Gasteiger partial charge in [0.25, 0.3) is 11.1 Å². The van der Waals surface area contributed by atoms with Crippen LogP contribution >= 0.6 is 11.8 Å². The Morgan fingerprint density at radius 2 is 1.82 bits per heavy atom. The molecule has 168 valence electrons. The number of hydrogen-bond acceptors (Lipinski definition) is 5. The number of hydrogen-bond donors (Lipinski definition) is 1. The summed E-state index contributed by atoms with van der Waals surface area (Å²) >= 11 is 0.833. The third-order valence-corrected chi connectivity index (χ3v) is 6.35. The van der Waals surface area contributed by atoms with Crippen LogP contribution in [0, 0.1) is 13.8 Å². The van der Waals surface area contributed by atoms with Gasteiger partial charge < -0.3 is 14.6 Å². The third kappa shape index (κ3) is 4.70. The van der Waals surface area contributed by atoms with E-state index in [4.69, 9.17) is 4.74 Å². The molecule has 7 nitrogen and oxygen atoms in total. The van der Waals surface area contributed by atoms with Crippen LogP contribution in [-0.4, -0.2) is 40.2 Å². The van der Waals surface area contributed by atoms with Crippen LogP contribution in [0.3, 0.4) is 0 Å². The van der Waals surface area contributed by atoms with Gasteiger partial charge in [-0.15, -0.1) is 0 Å². The van der Waals surface area contributed by atoms with E-state index in [1.54, 1.807) is 37.5 Å². The smallest absolute Gasteiger partial charge is 0.294 e. The molecule has 3 amide bonds. The minimum absolute atomic E-state index is 0.280. The van der Waals surface area contributed by atoms with E-state index in [1.165, 1.54) is 0 Å². The molecule has 0 aliphatic carbocycles. The van der Waals surface area contributed by atoms with E-state index in [9.17, 15) is 14.4 Å². The Hall–Kier alpha value is -3.78. The summed E-state index contributed by atoms with van der Waals surface area (Å²) in [5.74, 6) is -0.277. The van der Waals surface area contributed by atoms with Crippen molar-refractivity contribution in [3.63, 3.8) is 0 Å². The highest BCUT2D eigenvalue weighted by Crippen LogP contribution is 2.33. The number of benzene rings is 2. The predicted octanol–water partition coefficient (Wildman–Crippen LogP) is 4.78. The number of nitrogens with one attached hydrogen (secondary N) is 1. The second kappa shape index (κ2) is 9.38. The van der Waals surface area contributed by atoms with Crippen LogP contribution in [0.2, 0.25) is 0 Å². The van der Waals surface area contributed by atoms with Gasteiger partial charge in [-0.2, -0.15) is 0 Å². The zero-order chi connectivity index (χ0) is 23.5. The average Bonchev–Trinajstić information content (AvgIpc) is 3.36. The van der Waals surface area contributed by atoms with Crippen molar-refractivity contribution in [2.75, 3.05) is 19.0 Å². The molecule has 2 heterocycles. The first-order valence-electron chi connectivity index (χ1n) is 10.3. The number of ether oxygens (including phenoxy) is 1. The third-order valence-electron chi connectivity index (χ3n) is 5.44. The quantitative estimate of drug-likeness (QED) is 0.535. The molecule has 33 heavy (non-hydrogen) atoms. The largest absolute Gasteiger partial charge is 0.497 e. The molecule has 0 bridgehead atoms. The van der Waals surface area contributed by atoms with Crippen LogP contribution in [0.15, 0.2) is 65.7 Å². The van der Waals surface area contributed by atoms with Gasteiger partial charge in [-0.1, -0.05) is 12.1 Å². The molecule has 1 saturated heterocycles. The standard InChI is InChI=1S/C25H23N3O4S/c1-16-6-4-8-21(17(16)2)27-13-5-7-19(27)14-22-24(30)28(25(31)33-22)15-23(29)26-18-9-11-20(32-3)12-10-18/h4-14H,15H2,1-3H3,(H,26,29)/b22-14+. The Balaban J connectivity index is 1.50. The highest BCUT2D eigenvalue weighted by Gasteiger charge is 2.36. The van der Waals surface area contributed by atoms with Crippen LogP contribution in [0.1, 0.15) is 16.8 Å². The number of aromatic nitrogens is 1. The van der Waals surface area contributed by atoms with Crippen molar-refractivity contribution in [3.8, 4) is 11.4 Å². The van der Waals surface area contributed by atoms with E-state index in [-0.39, 0.29) is 11.4 Å². The van der Waals surface area contributed by atoms with Gasteiger partial charge >= 0.3 is 0 Å². The van der Waals surface area contributed by atoms with Crippen molar-refractivity contribution in [1.29, 1.82) is 0 Å². The summed E-state index contributed by atoms with van der Waals surface area (Å²) in [6.45, 7) is 3.74. The molecule has 0 unspecified atom stereocenters. The molecule has 1 aliphatic rings. The molecule has 1 aromatic heterocycles. The molecule has 1 N–H and O–H groups in total. The SMILES string of the molecule is COc1ccc(NC(=O)CN2C(=O)S/C(=C/c3cccn3-c3cccc(C)c3C)C2=O)cc1. The van der Waals surface area contributed by atoms with E-state index < -0.39 is 17.1 Å². The summed E-state index contributed by atoms with van der Waals surface area (Å²) in [7, 11) is 1.56. The fraction of sp³-hybridized carbons (Fsp3) is 0.160. The molecular formula is C25H23N3O4S. The molecule has 0 atom stereocenters. The van der Waals surface area contributed by atoms with Gasteiger partial charge in [0, 0.05) is 23.3 Å². The van der Waals surface area contributed by atoms with Crippen LogP contribution < -0.4 is 10.1 Å². The number of carbonyl (C=O) groups excluding carboxylic acids is 3. The summed E-state index contributed by atoms with van der Waals surface area (Å²) in [6, 6.07) is 16.6. The van der Waals surface area contributed by atoms with Crippen molar-refractivity contribution >= 4 is 40.6 Å². The van der Waals surface area contributed by atoms with Gasteiger partial charge in [-0.25, -0.2) is 0 Å². The summed E-state index contributed by atoms with van der Waals surface area (Å²) in [6.07, 6.45) is 3.61. The highest BCUT2D eigenvalue weighted by molar-refractivity contribution is 8.18. The Morgan fingerprint density at radius 3 is 2.55 bits per heavy atom. The molecule has 0 radical (unpaired) electrons. The lowest BCUT2D eigenvalue weighted by atomic mass is 10.1. The average molecular weight is 462 g/mol. The van der Waals surface area contributed by atoms with Gasteiger partial charge in [0.2, 0.25) is 5.91 Å². The molecule has 8 heteroatoms. The Morgan fingerprint density at radius 1 is 1.06 bits per heavy atom. The first-order valence-corrected chi connectivity index (χ1v) is 11.1. The molecule has 1 fully saturated rings. The number of thioether (sulfide) groups is 1. The predicted molar refractivity (Wildman–Crippen MR) is 130 cm³/mol. The van der Waals surface area contributed by atoms with Crippen molar-refractivity contribution in [3.05, 3.63) is 82.5 Å². The molecule has 2 aromatic carbocycles. The summed E-state index contributed by atoms with van der Waals surface area (Å²) in [5, 5.41) is 2.22. The van der Waals surface area contributed by atoms with Crippen LogP contribution in [0.4, 0.5) is 10.5 Å². The topological polar surface area (TPSA) is 80.6 Å².